The molecule has 2 N–H and O–H groups in total. The first-order chi connectivity index (χ1) is 14.8. The summed E-state index contributed by atoms with van der Waals surface area (Å²) in [6, 6.07) is 9.99. The predicted molar refractivity (Wildman–Crippen MR) is 120 cm³/mol. The molecule has 31 heavy (non-hydrogen) atoms. The molecule has 3 aromatic rings. The van der Waals surface area contributed by atoms with Crippen molar-refractivity contribution in [3.8, 4) is 6.07 Å². The number of anilines is 3. The molecule has 160 valence electrons. The van der Waals surface area contributed by atoms with Gasteiger partial charge in [0, 0.05) is 25.8 Å². The van der Waals surface area contributed by atoms with Crippen LogP contribution in [0.1, 0.15) is 18.4 Å². The smallest absolute Gasteiger partial charge is 0.301 e. The number of hydrogen-bond acceptors (Lipinski definition) is 6. The Morgan fingerprint density at radius 3 is 2.65 bits per heavy atom. The highest BCUT2D eigenvalue weighted by molar-refractivity contribution is 7.90. The number of nitrogens with zero attached hydrogens (tertiary/aromatic N) is 4. The van der Waals surface area contributed by atoms with Gasteiger partial charge in [0.05, 0.1) is 33.6 Å². The molecule has 0 amide bonds. The van der Waals surface area contributed by atoms with Gasteiger partial charge in [-0.15, -0.1) is 0 Å². The maximum absolute atomic E-state index is 12.6. The Labute approximate surface area is 184 Å². The Morgan fingerprint density at radius 2 is 1.94 bits per heavy atom. The molecule has 0 radical (unpaired) electrons. The summed E-state index contributed by atoms with van der Waals surface area (Å²) in [4.78, 5) is 16.6. The molecule has 4 rings (SSSR count). The number of halogens is 1. The van der Waals surface area contributed by atoms with Gasteiger partial charge in [0.1, 0.15) is 11.6 Å². The van der Waals surface area contributed by atoms with Gasteiger partial charge < -0.3 is 9.88 Å². The first-order valence-corrected chi connectivity index (χ1v) is 11.3. The second-order valence-electron chi connectivity index (χ2n) is 7.19. The Balaban J connectivity index is 1.73. The SMILES string of the molecule is Cn1cnc2ccc(Nc3c(Cl)ccc(NS(=O)(=O)N4CCCC4)c3C#N)cc2c1=O. The average Bonchev–Trinajstić information content (AvgIpc) is 3.29. The zero-order chi connectivity index (χ0) is 22.2. The fourth-order valence-electron chi connectivity index (χ4n) is 3.47. The van der Waals surface area contributed by atoms with Crippen molar-refractivity contribution in [2.24, 2.45) is 7.05 Å². The monoisotopic (exact) mass is 458 g/mol. The van der Waals surface area contributed by atoms with Crippen LogP contribution in [0.2, 0.25) is 5.02 Å². The molecule has 0 spiro atoms. The van der Waals surface area contributed by atoms with E-state index in [4.69, 9.17) is 11.6 Å². The van der Waals surface area contributed by atoms with Gasteiger partial charge in [-0.2, -0.15) is 18.0 Å². The molecule has 1 aliphatic rings. The molecule has 0 atom stereocenters. The lowest BCUT2D eigenvalue weighted by Crippen LogP contribution is -2.33. The van der Waals surface area contributed by atoms with E-state index in [0.29, 0.717) is 29.7 Å². The number of rotatable bonds is 5. The summed E-state index contributed by atoms with van der Waals surface area (Å²) >= 11 is 6.32. The molecule has 0 aliphatic carbocycles. The quantitative estimate of drug-likeness (QED) is 0.606. The fraction of sp³-hybridized carbons (Fsp3) is 0.250. The normalized spacial score (nSPS) is 14.5. The summed E-state index contributed by atoms with van der Waals surface area (Å²) < 4.78 is 30.5. The summed E-state index contributed by atoms with van der Waals surface area (Å²) in [5.74, 6) is 0. The maximum Gasteiger partial charge on any atom is 0.301 e. The number of nitriles is 1. The Morgan fingerprint density at radius 1 is 1.19 bits per heavy atom. The van der Waals surface area contributed by atoms with Crippen molar-refractivity contribution in [1.29, 1.82) is 5.26 Å². The third kappa shape index (κ3) is 4.07. The van der Waals surface area contributed by atoms with Gasteiger partial charge in [0.15, 0.2) is 0 Å². The average molecular weight is 459 g/mol. The van der Waals surface area contributed by atoms with E-state index >= 15 is 0 Å². The number of hydrogen-bond donors (Lipinski definition) is 2. The maximum atomic E-state index is 12.6. The van der Waals surface area contributed by atoms with Crippen molar-refractivity contribution in [2.45, 2.75) is 12.8 Å². The minimum absolute atomic E-state index is 0.0504. The zero-order valence-electron chi connectivity index (χ0n) is 16.6. The molecule has 0 bridgehead atoms. The van der Waals surface area contributed by atoms with Crippen LogP contribution in [0.15, 0.2) is 41.5 Å². The number of aryl methyl sites for hydroxylation is 1. The Kier molecular flexibility index (Phi) is 5.58. The zero-order valence-corrected chi connectivity index (χ0v) is 18.2. The fourth-order valence-corrected chi connectivity index (χ4v) is 4.99. The van der Waals surface area contributed by atoms with Crippen molar-refractivity contribution >= 4 is 49.8 Å². The van der Waals surface area contributed by atoms with E-state index in [1.54, 1.807) is 25.2 Å². The van der Waals surface area contributed by atoms with Gasteiger partial charge in [0.25, 0.3) is 5.56 Å². The van der Waals surface area contributed by atoms with Crippen LogP contribution in [0.4, 0.5) is 17.1 Å². The predicted octanol–water partition coefficient (Wildman–Crippen LogP) is 2.95. The highest BCUT2D eigenvalue weighted by atomic mass is 35.5. The van der Waals surface area contributed by atoms with E-state index in [-0.39, 0.29) is 27.5 Å². The number of benzene rings is 2. The lowest BCUT2D eigenvalue weighted by atomic mass is 10.1. The molecule has 11 heteroatoms. The molecule has 2 aromatic carbocycles. The molecule has 2 heterocycles. The number of aromatic nitrogens is 2. The second-order valence-corrected chi connectivity index (χ2v) is 9.27. The number of nitrogens with one attached hydrogen (secondary N) is 2. The van der Waals surface area contributed by atoms with Crippen LogP contribution in [0.5, 0.6) is 0 Å². The van der Waals surface area contributed by atoms with Crippen LogP contribution in [0, 0.1) is 11.3 Å². The summed E-state index contributed by atoms with van der Waals surface area (Å²) in [5.41, 5.74) is 1.25. The van der Waals surface area contributed by atoms with E-state index in [1.165, 1.54) is 27.3 Å². The molecule has 1 aliphatic heterocycles. The van der Waals surface area contributed by atoms with E-state index in [1.807, 2.05) is 6.07 Å². The van der Waals surface area contributed by atoms with Gasteiger partial charge in [0.2, 0.25) is 0 Å². The van der Waals surface area contributed by atoms with Gasteiger partial charge in [-0.05, 0) is 43.2 Å². The molecule has 0 saturated carbocycles. The largest absolute Gasteiger partial charge is 0.353 e. The molecule has 1 fully saturated rings. The van der Waals surface area contributed by atoms with Gasteiger partial charge >= 0.3 is 10.2 Å². The third-order valence-corrected chi connectivity index (χ3v) is 6.93. The molecule has 1 aromatic heterocycles. The molecule has 1 saturated heterocycles. The lowest BCUT2D eigenvalue weighted by molar-refractivity contribution is 0.482. The van der Waals surface area contributed by atoms with Crippen LogP contribution in [-0.2, 0) is 17.3 Å². The summed E-state index contributed by atoms with van der Waals surface area (Å²) in [6.07, 6.45) is 3.05. The van der Waals surface area contributed by atoms with E-state index in [2.05, 4.69) is 15.0 Å². The van der Waals surface area contributed by atoms with Crippen LogP contribution in [-0.4, -0.2) is 35.4 Å². The number of fused-ring (bicyclic) bond motifs is 1. The standard InChI is InChI=1S/C20H19ClN6O3S/c1-26-12-23-17-6-4-13(10-14(17)20(26)28)24-19-15(11-22)18(7-5-16(19)21)25-31(29,30)27-8-2-3-9-27/h4-7,10,12,24-25H,2-3,8-9H2,1H3. The van der Waals surface area contributed by atoms with Crippen LogP contribution in [0.3, 0.4) is 0 Å². The highest BCUT2D eigenvalue weighted by Crippen LogP contribution is 2.35. The molecular formula is C20H19ClN6O3S. The Bertz CT molecular complexity index is 1370. The molecule has 9 nitrogen and oxygen atoms in total. The lowest BCUT2D eigenvalue weighted by Gasteiger charge is -2.19. The topological polar surface area (TPSA) is 120 Å². The van der Waals surface area contributed by atoms with Crippen LogP contribution < -0.4 is 15.6 Å². The first kappa shape index (κ1) is 21.1. The van der Waals surface area contributed by atoms with Gasteiger partial charge in [-0.25, -0.2) is 4.98 Å². The third-order valence-electron chi connectivity index (χ3n) is 5.10. The second kappa shape index (κ2) is 8.19. The van der Waals surface area contributed by atoms with Crippen molar-refractivity contribution in [1.82, 2.24) is 13.9 Å². The van der Waals surface area contributed by atoms with Crippen LogP contribution in [0.25, 0.3) is 10.9 Å². The van der Waals surface area contributed by atoms with Crippen LogP contribution >= 0.6 is 11.6 Å². The van der Waals surface area contributed by atoms with E-state index in [9.17, 15) is 18.5 Å². The van der Waals surface area contributed by atoms with Crippen molar-refractivity contribution in [3.05, 3.63) is 57.6 Å². The molecular weight excluding hydrogens is 440 g/mol. The van der Waals surface area contributed by atoms with Crippen molar-refractivity contribution in [3.63, 3.8) is 0 Å². The molecule has 0 unspecified atom stereocenters. The summed E-state index contributed by atoms with van der Waals surface area (Å²) in [7, 11) is -2.17. The summed E-state index contributed by atoms with van der Waals surface area (Å²) in [5, 5.41) is 13.4. The van der Waals surface area contributed by atoms with Gasteiger partial charge in [-0.1, -0.05) is 11.6 Å². The minimum Gasteiger partial charge on any atom is -0.353 e. The summed E-state index contributed by atoms with van der Waals surface area (Å²) in [6.45, 7) is 0.881. The van der Waals surface area contributed by atoms with E-state index < -0.39 is 10.2 Å². The minimum atomic E-state index is -3.78. The van der Waals surface area contributed by atoms with Gasteiger partial charge in [-0.3, -0.25) is 9.52 Å². The van der Waals surface area contributed by atoms with Crippen molar-refractivity contribution in [2.75, 3.05) is 23.1 Å². The first-order valence-electron chi connectivity index (χ1n) is 9.53. The highest BCUT2D eigenvalue weighted by Gasteiger charge is 2.26. The Hall–Kier alpha value is -3.13. The van der Waals surface area contributed by atoms with E-state index in [0.717, 1.165) is 12.8 Å². The van der Waals surface area contributed by atoms with Crippen molar-refractivity contribution < 1.29 is 8.42 Å².